The van der Waals surface area contributed by atoms with E-state index in [2.05, 4.69) is 0 Å². The number of alkyl halides is 3. The minimum Gasteiger partial charge on any atom is -0.747 e. The molecule has 0 saturated carbocycles. The van der Waals surface area contributed by atoms with Crippen molar-refractivity contribution in [2.75, 3.05) is 0 Å². The van der Waals surface area contributed by atoms with Gasteiger partial charge in [-0.25, -0.2) is 8.42 Å². The van der Waals surface area contributed by atoms with Crippen LogP contribution in [0.4, 0.5) is 13.2 Å². The summed E-state index contributed by atoms with van der Waals surface area (Å²) in [6, 6.07) is -2.35. The lowest BCUT2D eigenvalue weighted by molar-refractivity contribution is -0.137. The second-order valence-corrected chi connectivity index (χ2v) is 7.07. The van der Waals surface area contributed by atoms with E-state index in [4.69, 9.17) is 14.4 Å². The van der Waals surface area contributed by atoms with Crippen LogP contribution >= 0.6 is 0 Å². The monoisotopic (exact) mass is 419 g/mol. The molecule has 0 spiro atoms. The summed E-state index contributed by atoms with van der Waals surface area (Å²) in [7, 11) is -5.74. The zero-order valence-electron chi connectivity index (χ0n) is 20.5. The minimum atomic E-state index is -5.74. The molecule has 3 rings (SSSR count). The van der Waals surface area contributed by atoms with Crippen molar-refractivity contribution in [3.63, 3.8) is 0 Å². The number of nitrogens with two attached hydrogens (primary N) is 1. The second kappa shape index (κ2) is 6.95. The molecule has 10 heteroatoms. The van der Waals surface area contributed by atoms with E-state index in [1.54, 1.807) is 0 Å². The first-order valence-corrected chi connectivity index (χ1v) is 8.87. The standard InChI is InChI=1S/C18H14F3NO5S/c19-18(20,21)12-8-6-10(7-9-12)15-14(23)13(17(22)27-15)16(28(24,25)26)11-4-2-1-3-5-11/h1-9,15-16H,22H2,(H,24,25,26)/p-1/i1D,2D,3D,4D,5D/hD2. The number of halogens is 3. The summed E-state index contributed by atoms with van der Waals surface area (Å²) in [4.78, 5) is 13.2. The topological polar surface area (TPSA) is 110 Å². The van der Waals surface area contributed by atoms with Gasteiger partial charge in [0.2, 0.25) is 5.78 Å². The lowest BCUT2D eigenvalue weighted by Crippen LogP contribution is -2.21. The van der Waals surface area contributed by atoms with E-state index in [1.807, 2.05) is 0 Å². The molecule has 2 aromatic carbocycles. The van der Waals surface area contributed by atoms with E-state index in [0.717, 1.165) is 12.1 Å². The highest BCUT2D eigenvalue weighted by Gasteiger charge is 2.42. The van der Waals surface area contributed by atoms with Gasteiger partial charge in [0.15, 0.2) is 14.8 Å². The number of carbonyl (C=O) groups excluding carboxylic acids is 1. The molecule has 0 bridgehead atoms. The van der Waals surface area contributed by atoms with Crippen molar-refractivity contribution in [2.24, 2.45) is 5.72 Å². The molecule has 2 atom stereocenters. The van der Waals surface area contributed by atoms with Gasteiger partial charge in [-0.3, -0.25) is 4.79 Å². The van der Waals surface area contributed by atoms with Gasteiger partial charge in [-0.05, 0) is 17.7 Å². The Morgan fingerprint density at radius 3 is 2.29 bits per heavy atom. The SMILES string of the molecule is [2H]c1c([2H])c([2H])c(C(C2=C(N([2H])[2H])OC(c3ccc(C(F)(F)F)cc3)C2=O)S(=O)(=O)[O-])c([2H])c1[2H]. The summed E-state index contributed by atoms with van der Waals surface area (Å²) in [5.74, 6) is -2.48. The first-order chi connectivity index (χ1) is 16.0. The van der Waals surface area contributed by atoms with E-state index < -0.39 is 86.2 Å². The maximum Gasteiger partial charge on any atom is 0.416 e. The highest BCUT2D eigenvalue weighted by Crippen LogP contribution is 2.41. The molecule has 2 aromatic rings. The zero-order chi connectivity index (χ0) is 26.6. The second-order valence-electron chi connectivity index (χ2n) is 5.61. The van der Waals surface area contributed by atoms with Gasteiger partial charge in [0.1, 0.15) is 15.4 Å². The van der Waals surface area contributed by atoms with Gasteiger partial charge in [-0.1, -0.05) is 42.3 Å². The summed E-state index contributed by atoms with van der Waals surface area (Å²) in [5.41, 5.74) is -3.98. The van der Waals surface area contributed by atoms with Gasteiger partial charge < -0.3 is 15.0 Å². The van der Waals surface area contributed by atoms with Crippen LogP contribution in [-0.2, 0) is 25.8 Å². The number of ketones is 1. The summed E-state index contributed by atoms with van der Waals surface area (Å²) >= 11 is 0. The summed E-state index contributed by atoms with van der Waals surface area (Å²) < 4.78 is 134. The first kappa shape index (κ1) is 12.6. The molecule has 0 aliphatic carbocycles. The molecule has 0 fully saturated rings. The third-order valence-corrected chi connectivity index (χ3v) is 4.89. The largest absolute Gasteiger partial charge is 0.747 e. The van der Waals surface area contributed by atoms with Crippen molar-refractivity contribution in [2.45, 2.75) is 17.5 Å². The van der Waals surface area contributed by atoms with Gasteiger partial charge in [0, 0.05) is 5.56 Å². The van der Waals surface area contributed by atoms with Crippen molar-refractivity contribution in [1.29, 1.82) is 0 Å². The number of hydrogen-bond donors (Lipinski definition) is 1. The number of rotatable bonds is 5. The molecule has 1 heterocycles. The normalized spacial score (nSPS) is 22.2. The molecule has 1 aliphatic heterocycles. The number of benzene rings is 2. The number of ether oxygens (including phenoxy) is 1. The maximum atomic E-state index is 13.2. The quantitative estimate of drug-likeness (QED) is 0.747. The molecule has 1 aliphatic rings. The van der Waals surface area contributed by atoms with E-state index >= 15 is 0 Å². The molecule has 2 unspecified atom stereocenters. The Bertz CT molecular complexity index is 1320. The Kier molecular flexibility index (Phi) is 3.12. The van der Waals surface area contributed by atoms with Crippen molar-refractivity contribution in [3.05, 3.63) is 82.6 Å². The fourth-order valence-corrected chi connectivity index (χ4v) is 3.52. The summed E-state index contributed by atoms with van der Waals surface area (Å²) in [5, 5.41) is -2.78. The van der Waals surface area contributed by atoms with Crippen LogP contribution in [0.1, 0.15) is 34.9 Å². The third kappa shape index (κ3) is 3.73. The lowest BCUT2D eigenvalue weighted by Gasteiger charge is -2.21. The van der Waals surface area contributed by atoms with Gasteiger partial charge in [0.25, 0.3) is 0 Å². The Labute approximate surface area is 168 Å². The van der Waals surface area contributed by atoms with Crippen molar-refractivity contribution in [3.8, 4) is 0 Å². The van der Waals surface area contributed by atoms with Crippen LogP contribution < -0.4 is 5.72 Å². The average molecular weight is 419 g/mol. The third-order valence-electron chi connectivity index (χ3n) is 3.84. The smallest absolute Gasteiger partial charge is 0.416 e. The molecule has 0 amide bonds. The minimum absolute atomic E-state index is 0.250. The van der Waals surface area contributed by atoms with Gasteiger partial charge in [-0.2, -0.15) is 13.2 Å². The number of Topliss-reactive ketones (excluding diaryl/α,β-unsaturated/α-hetero) is 1. The van der Waals surface area contributed by atoms with Gasteiger partial charge in [-0.15, -0.1) is 0 Å². The molecule has 0 saturated heterocycles. The average Bonchev–Trinajstić information content (AvgIpc) is 3.09. The van der Waals surface area contributed by atoms with Crippen LogP contribution in [0.3, 0.4) is 0 Å². The molecular formula is C18H13F3NO5S-. The Morgan fingerprint density at radius 1 is 1.18 bits per heavy atom. The van der Waals surface area contributed by atoms with E-state index in [-0.39, 0.29) is 11.3 Å². The lowest BCUT2D eigenvalue weighted by atomic mass is 9.96. The van der Waals surface area contributed by atoms with Gasteiger partial charge in [0.05, 0.1) is 18.0 Å². The molecule has 0 radical (unpaired) electrons. The number of hydrogen-bond acceptors (Lipinski definition) is 6. The fourth-order valence-electron chi connectivity index (χ4n) is 2.61. The molecule has 28 heavy (non-hydrogen) atoms. The van der Waals surface area contributed by atoms with E-state index in [0.29, 0.717) is 12.1 Å². The van der Waals surface area contributed by atoms with Crippen LogP contribution in [0.15, 0.2) is 65.9 Å². The van der Waals surface area contributed by atoms with Crippen LogP contribution in [0, 0.1) is 0 Å². The zero-order valence-corrected chi connectivity index (χ0v) is 14.3. The predicted molar refractivity (Wildman–Crippen MR) is 90.4 cm³/mol. The van der Waals surface area contributed by atoms with Crippen molar-refractivity contribution < 1.29 is 45.4 Å². The maximum absolute atomic E-state index is 13.2. The fraction of sp³-hybridized carbons (Fsp3) is 0.167. The number of carbonyl (C=O) groups is 1. The predicted octanol–water partition coefficient (Wildman–Crippen LogP) is 2.80. The Morgan fingerprint density at radius 2 is 1.79 bits per heavy atom. The van der Waals surface area contributed by atoms with Crippen LogP contribution in [0.25, 0.3) is 0 Å². The molecular weight excluding hydrogens is 399 g/mol. The van der Waals surface area contributed by atoms with Crippen molar-refractivity contribution >= 4 is 15.9 Å². The molecule has 148 valence electrons. The Hall–Kier alpha value is -2.85. The molecule has 2 N–H and O–H groups in total. The van der Waals surface area contributed by atoms with E-state index in [9.17, 15) is 30.9 Å². The van der Waals surface area contributed by atoms with Crippen LogP contribution in [0.5, 0.6) is 0 Å². The van der Waals surface area contributed by atoms with Gasteiger partial charge >= 0.3 is 6.18 Å². The molecule has 6 nitrogen and oxygen atoms in total. The first-order valence-electron chi connectivity index (χ1n) is 10.8. The summed E-state index contributed by atoms with van der Waals surface area (Å²) in [6.45, 7) is 0. The van der Waals surface area contributed by atoms with Crippen LogP contribution in [0.2, 0.25) is 2.82 Å². The highest BCUT2D eigenvalue weighted by molar-refractivity contribution is 7.86. The van der Waals surface area contributed by atoms with E-state index in [1.165, 1.54) is 0 Å². The van der Waals surface area contributed by atoms with Crippen molar-refractivity contribution in [1.82, 2.24) is 0 Å². The Balaban J connectivity index is 2.23. The van der Waals surface area contributed by atoms with Crippen LogP contribution in [-0.4, -0.2) is 18.8 Å². The summed E-state index contributed by atoms with van der Waals surface area (Å²) in [6.07, 6.45) is -6.59. The molecule has 0 aromatic heterocycles. The highest BCUT2D eigenvalue weighted by atomic mass is 32.2.